The highest BCUT2D eigenvalue weighted by molar-refractivity contribution is 5.85. The lowest BCUT2D eigenvalue weighted by Gasteiger charge is -2.20. The first-order chi connectivity index (χ1) is 10.2. The molecule has 2 atom stereocenters. The van der Waals surface area contributed by atoms with E-state index in [9.17, 15) is 4.79 Å². The van der Waals surface area contributed by atoms with Crippen LogP contribution in [0.5, 0.6) is 0 Å². The second-order valence-corrected chi connectivity index (χ2v) is 6.05. The van der Waals surface area contributed by atoms with Crippen LogP contribution < -0.4 is 10.6 Å². The summed E-state index contributed by atoms with van der Waals surface area (Å²) in [6.07, 6.45) is 3.44. The molecular weight excluding hydrogens is 266 g/mol. The predicted molar refractivity (Wildman–Crippen MR) is 83.7 cm³/mol. The minimum absolute atomic E-state index is 0.443. The molecule has 3 rings (SSSR count). The van der Waals surface area contributed by atoms with Gasteiger partial charge in [0.15, 0.2) is 0 Å². The third kappa shape index (κ3) is 3.47. The average molecular weight is 289 g/mol. The molecule has 1 amide bonds. The van der Waals surface area contributed by atoms with Crippen LogP contribution in [-0.4, -0.2) is 42.8 Å². The van der Waals surface area contributed by atoms with E-state index in [0.29, 0.717) is 12.1 Å². The van der Waals surface area contributed by atoms with Gasteiger partial charge in [0.25, 0.3) is 0 Å². The molecule has 1 saturated carbocycles. The Hall–Kier alpha value is -1.75. The molecule has 2 N–H and O–H groups in total. The van der Waals surface area contributed by atoms with Crippen molar-refractivity contribution in [2.45, 2.75) is 44.3 Å². The summed E-state index contributed by atoms with van der Waals surface area (Å²) in [5, 5.41) is 6.27. The lowest BCUT2D eigenvalue weighted by molar-refractivity contribution is 0.187. The van der Waals surface area contributed by atoms with Gasteiger partial charge in [0.05, 0.1) is 7.11 Å². The van der Waals surface area contributed by atoms with Crippen LogP contribution in [0.25, 0.3) is 0 Å². The molecule has 0 radical (unpaired) electrons. The monoisotopic (exact) mass is 289 g/mol. The lowest BCUT2D eigenvalue weighted by Crippen LogP contribution is -2.31. The van der Waals surface area contributed by atoms with Crippen molar-refractivity contribution in [1.29, 1.82) is 0 Å². The number of benzene rings is 1. The van der Waals surface area contributed by atoms with Gasteiger partial charge in [0.1, 0.15) is 0 Å². The molecule has 5 heteroatoms. The molecule has 0 bridgehead atoms. The van der Waals surface area contributed by atoms with Gasteiger partial charge < -0.3 is 10.1 Å². The normalized spacial score (nSPS) is 25.6. The molecule has 2 aliphatic rings. The SMILES string of the molecule is COC(=O)Nc1cccc(NC2CC(C)N(C3CC3)C2)c1. The third-order valence-electron chi connectivity index (χ3n) is 4.30. The molecule has 1 aliphatic carbocycles. The average Bonchev–Trinajstić information content (AvgIpc) is 3.24. The number of likely N-dealkylation sites (tertiary alicyclic amines) is 1. The van der Waals surface area contributed by atoms with E-state index in [1.54, 1.807) is 0 Å². The number of nitrogens with one attached hydrogen (secondary N) is 2. The fourth-order valence-corrected chi connectivity index (χ4v) is 3.17. The van der Waals surface area contributed by atoms with Crippen molar-refractivity contribution >= 4 is 17.5 Å². The molecule has 1 aromatic carbocycles. The minimum atomic E-state index is -0.443. The van der Waals surface area contributed by atoms with Crippen LogP contribution in [0.15, 0.2) is 24.3 Å². The van der Waals surface area contributed by atoms with Crippen LogP contribution in [0.2, 0.25) is 0 Å². The summed E-state index contributed by atoms with van der Waals surface area (Å²) in [6.45, 7) is 3.43. The molecular formula is C16H23N3O2. The molecule has 1 heterocycles. The van der Waals surface area contributed by atoms with Crippen molar-refractivity contribution in [2.75, 3.05) is 24.3 Å². The van der Waals surface area contributed by atoms with Gasteiger partial charge in [-0.25, -0.2) is 4.79 Å². The molecule has 2 unspecified atom stereocenters. The highest BCUT2D eigenvalue weighted by Gasteiger charge is 2.38. The van der Waals surface area contributed by atoms with E-state index in [0.717, 1.165) is 24.0 Å². The van der Waals surface area contributed by atoms with Crippen molar-refractivity contribution in [1.82, 2.24) is 4.90 Å². The third-order valence-corrected chi connectivity index (χ3v) is 4.30. The van der Waals surface area contributed by atoms with Gasteiger partial charge in [-0.15, -0.1) is 0 Å². The summed E-state index contributed by atoms with van der Waals surface area (Å²) in [6, 6.07) is 9.73. The van der Waals surface area contributed by atoms with E-state index in [2.05, 4.69) is 27.2 Å². The van der Waals surface area contributed by atoms with E-state index >= 15 is 0 Å². The first kappa shape index (κ1) is 14.2. The van der Waals surface area contributed by atoms with E-state index in [4.69, 9.17) is 0 Å². The Morgan fingerprint density at radius 3 is 2.81 bits per heavy atom. The van der Waals surface area contributed by atoms with Crippen LogP contribution in [0.3, 0.4) is 0 Å². The summed E-state index contributed by atoms with van der Waals surface area (Å²) < 4.78 is 4.61. The number of anilines is 2. The zero-order valence-corrected chi connectivity index (χ0v) is 12.6. The first-order valence-corrected chi connectivity index (χ1v) is 7.63. The molecule has 0 aromatic heterocycles. The van der Waals surface area contributed by atoms with Crippen molar-refractivity contribution in [2.24, 2.45) is 0 Å². The summed E-state index contributed by atoms with van der Waals surface area (Å²) >= 11 is 0. The van der Waals surface area contributed by atoms with Gasteiger partial charge in [0.2, 0.25) is 0 Å². The zero-order chi connectivity index (χ0) is 14.8. The number of ether oxygens (including phenoxy) is 1. The second-order valence-electron chi connectivity index (χ2n) is 6.05. The minimum Gasteiger partial charge on any atom is -0.453 e. The zero-order valence-electron chi connectivity index (χ0n) is 12.6. The Balaban J connectivity index is 1.60. The van der Waals surface area contributed by atoms with Gasteiger partial charge in [-0.05, 0) is 44.4 Å². The predicted octanol–water partition coefficient (Wildman–Crippen LogP) is 2.90. The number of carbonyl (C=O) groups is 1. The molecule has 2 fully saturated rings. The molecule has 21 heavy (non-hydrogen) atoms. The molecule has 0 spiro atoms. The van der Waals surface area contributed by atoms with Crippen molar-refractivity contribution in [3.8, 4) is 0 Å². The summed E-state index contributed by atoms with van der Waals surface area (Å²) in [4.78, 5) is 13.9. The Morgan fingerprint density at radius 1 is 1.33 bits per heavy atom. The Labute approximate surface area is 125 Å². The Bertz CT molecular complexity index is 516. The van der Waals surface area contributed by atoms with Gasteiger partial charge in [0, 0.05) is 36.0 Å². The number of methoxy groups -OCH3 is 1. The first-order valence-electron chi connectivity index (χ1n) is 7.63. The molecule has 114 valence electrons. The summed E-state index contributed by atoms with van der Waals surface area (Å²) in [5.41, 5.74) is 1.79. The largest absolute Gasteiger partial charge is 0.453 e. The maximum Gasteiger partial charge on any atom is 0.411 e. The van der Waals surface area contributed by atoms with Gasteiger partial charge >= 0.3 is 6.09 Å². The van der Waals surface area contributed by atoms with Crippen molar-refractivity contribution < 1.29 is 9.53 Å². The summed E-state index contributed by atoms with van der Waals surface area (Å²) in [7, 11) is 1.36. The van der Waals surface area contributed by atoms with E-state index in [1.165, 1.54) is 26.4 Å². The molecule has 1 saturated heterocycles. The summed E-state index contributed by atoms with van der Waals surface area (Å²) in [5.74, 6) is 0. The van der Waals surface area contributed by atoms with Crippen LogP contribution in [0, 0.1) is 0 Å². The van der Waals surface area contributed by atoms with E-state index < -0.39 is 6.09 Å². The van der Waals surface area contributed by atoms with Gasteiger partial charge in [-0.2, -0.15) is 0 Å². The topological polar surface area (TPSA) is 53.6 Å². The van der Waals surface area contributed by atoms with Gasteiger partial charge in [-0.1, -0.05) is 6.07 Å². The lowest BCUT2D eigenvalue weighted by atomic mass is 10.2. The highest BCUT2D eigenvalue weighted by Crippen LogP contribution is 2.34. The number of hydrogen-bond donors (Lipinski definition) is 2. The molecule has 5 nitrogen and oxygen atoms in total. The number of amides is 1. The number of hydrogen-bond acceptors (Lipinski definition) is 4. The highest BCUT2D eigenvalue weighted by atomic mass is 16.5. The number of carbonyl (C=O) groups excluding carboxylic acids is 1. The molecule has 1 aliphatic heterocycles. The van der Waals surface area contributed by atoms with Crippen LogP contribution >= 0.6 is 0 Å². The fraction of sp³-hybridized carbons (Fsp3) is 0.562. The smallest absolute Gasteiger partial charge is 0.411 e. The Morgan fingerprint density at radius 2 is 2.10 bits per heavy atom. The standard InChI is InChI=1S/C16H23N3O2/c1-11-8-14(10-19(11)15-6-7-15)17-12-4-3-5-13(9-12)18-16(20)21-2/h3-5,9,11,14-15,17H,6-8,10H2,1-2H3,(H,18,20). The Kier molecular flexibility index (Phi) is 4.01. The quantitative estimate of drug-likeness (QED) is 0.895. The number of rotatable bonds is 4. The van der Waals surface area contributed by atoms with Gasteiger partial charge in [-0.3, -0.25) is 10.2 Å². The maximum absolute atomic E-state index is 11.2. The van der Waals surface area contributed by atoms with E-state index in [1.807, 2.05) is 24.3 Å². The molecule has 1 aromatic rings. The van der Waals surface area contributed by atoms with E-state index in [-0.39, 0.29) is 0 Å². The maximum atomic E-state index is 11.2. The van der Waals surface area contributed by atoms with Crippen LogP contribution in [0.1, 0.15) is 26.2 Å². The van der Waals surface area contributed by atoms with Crippen molar-refractivity contribution in [3.63, 3.8) is 0 Å². The van der Waals surface area contributed by atoms with Crippen LogP contribution in [0.4, 0.5) is 16.2 Å². The van der Waals surface area contributed by atoms with Crippen LogP contribution in [-0.2, 0) is 4.74 Å². The van der Waals surface area contributed by atoms with Crippen molar-refractivity contribution in [3.05, 3.63) is 24.3 Å². The fourth-order valence-electron chi connectivity index (χ4n) is 3.17. The number of nitrogens with zero attached hydrogens (tertiary/aromatic N) is 1. The second kappa shape index (κ2) is 5.93.